The smallest absolute Gasteiger partial charge is 0.416 e. The first kappa shape index (κ1) is 18.0. The minimum absolute atomic E-state index is 0.221. The topological polar surface area (TPSA) is 56.5 Å². The van der Waals surface area contributed by atoms with Gasteiger partial charge in [0.25, 0.3) is 0 Å². The van der Waals surface area contributed by atoms with Crippen molar-refractivity contribution in [2.45, 2.75) is 12.1 Å². The first-order chi connectivity index (χ1) is 12.3. The highest BCUT2D eigenvalue weighted by molar-refractivity contribution is 6.17. The second kappa shape index (κ2) is 6.84. The third-order valence-corrected chi connectivity index (χ3v) is 3.85. The normalized spacial score (nSPS) is 11.5. The number of hydrogen-bond donors (Lipinski definition) is 0. The lowest BCUT2D eigenvalue weighted by Gasteiger charge is -2.09. The number of rotatable bonds is 3. The Morgan fingerprint density at radius 1 is 1.12 bits per heavy atom. The highest BCUT2D eigenvalue weighted by Gasteiger charge is 2.31. The van der Waals surface area contributed by atoms with Crippen LogP contribution in [-0.2, 0) is 12.1 Å². The van der Waals surface area contributed by atoms with Gasteiger partial charge in [0.1, 0.15) is 16.9 Å². The van der Waals surface area contributed by atoms with Crippen LogP contribution in [0.3, 0.4) is 0 Å². The van der Waals surface area contributed by atoms with E-state index in [1.807, 2.05) is 0 Å². The molecule has 0 N–H and O–H groups in total. The molecule has 0 fully saturated rings. The van der Waals surface area contributed by atoms with E-state index >= 15 is 0 Å². The van der Waals surface area contributed by atoms with Crippen LogP contribution in [0.15, 0.2) is 57.7 Å². The van der Waals surface area contributed by atoms with Crippen LogP contribution in [0.1, 0.15) is 21.5 Å². The number of esters is 1. The Balaban J connectivity index is 1.95. The molecule has 0 spiro atoms. The number of hydrogen-bond acceptors (Lipinski definition) is 4. The largest absolute Gasteiger partial charge is 0.423 e. The van der Waals surface area contributed by atoms with Crippen molar-refractivity contribution in [1.29, 1.82) is 0 Å². The lowest BCUT2D eigenvalue weighted by Crippen LogP contribution is -2.19. The molecule has 1 aromatic heterocycles. The van der Waals surface area contributed by atoms with Crippen molar-refractivity contribution in [3.8, 4) is 5.75 Å². The van der Waals surface area contributed by atoms with Crippen molar-refractivity contribution < 1.29 is 27.1 Å². The van der Waals surface area contributed by atoms with Gasteiger partial charge in [-0.15, -0.1) is 11.6 Å². The van der Waals surface area contributed by atoms with Gasteiger partial charge in [-0.25, -0.2) is 9.59 Å². The van der Waals surface area contributed by atoms with Crippen LogP contribution in [0.5, 0.6) is 5.75 Å². The van der Waals surface area contributed by atoms with E-state index in [9.17, 15) is 22.8 Å². The predicted octanol–water partition coefficient (Wildman–Crippen LogP) is 4.77. The van der Waals surface area contributed by atoms with E-state index in [1.54, 1.807) is 12.1 Å². The van der Waals surface area contributed by atoms with Crippen molar-refractivity contribution in [3.63, 3.8) is 0 Å². The molecule has 3 rings (SSSR count). The maximum absolute atomic E-state index is 12.7. The third-order valence-electron chi connectivity index (χ3n) is 3.54. The van der Waals surface area contributed by atoms with Gasteiger partial charge in [0.05, 0.1) is 5.56 Å². The zero-order chi connectivity index (χ0) is 18.9. The predicted molar refractivity (Wildman–Crippen MR) is 88.4 cm³/mol. The van der Waals surface area contributed by atoms with E-state index in [0.717, 1.165) is 17.7 Å². The SMILES string of the molecule is O=C(Oc1cccc(C(F)(F)F)c1)c1cc2cc(CCl)ccc2oc1=O. The minimum Gasteiger partial charge on any atom is -0.423 e. The van der Waals surface area contributed by atoms with Gasteiger partial charge in [0.2, 0.25) is 0 Å². The lowest BCUT2D eigenvalue weighted by molar-refractivity contribution is -0.137. The molecule has 0 amide bonds. The van der Waals surface area contributed by atoms with Crippen molar-refractivity contribution in [1.82, 2.24) is 0 Å². The van der Waals surface area contributed by atoms with E-state index in [0.29, 0.717) is 11.5 Å². The highest BCUT2D eigenvalue weighted by atomic mass is 35.5. The van der Waals surface area contributed by atoms with Crippen molar-refractivity contribution in [2.75, 3.05) is 0 Å². The molecule has 0 atom stereocenters. The fourth-order valence-electron chi connectivity index (χ4n) is 2.30. The molecule has 8 heteroatoms. The molecule has 0 saturated heterocycles. The van der Waals surface area contributed by atoms with E-state index in [4.69, 9.17) is 20.8 Å². The zero-order valence-electron chi connectivity index (χ0n) is 13.0. The number of fused-ring (bicyclic) bond motifs is 1. The Morgan fingerprint density at radius 3 is 2.58 bits per heavy atom. The Bertz CT molecular complexity index is 1040. The second-order valence-corrected chi connectivity index (χ2v) is 5.64. The summed E-state index contributed by atoms with van der Waals surface area (Å²) >= 11 is 5.74. The number of ether oxygens (including phenoxy) is 1. The van der Waals surface area contributed by atoms with E-state index in [2.05, 4.69) is 0 Å². The molecule has 0 aliphatic heterocycles. The van der Waals surface area contributed by atoms with E-state index in [-0.39, 0.29) is 17.2 Å². The molecule has 0 unspecified atom stereocenters. The van der Waals surface area contributed by atoms with Gasteiger partial charge in [-0.3, -0.25) is 0 Å². The monoisotopic (exact) mass is 382 g/mol. The maximum Gasteiger partial charge on any atom is 0.416 e. The average molecular weight is 383 g/mol. The molecule has 3 aromatic rings. The number of alkyl halides is 4. The molecular formula is C18H10ClF3O4. The molecule has 0 aliphatic rings. The Kier molecular flexibility index (Phi) is 4.73. The van der Waals surface area contributed by atoms with Crippen LogP contribution in [0.25, 0.3) is 11.0 Å². The molecule has 4 nitrogen and oxygen atoms in total. The van der Waals surface area contributed by atoms with Crippen LogP contribution >= 0.6 is 11.6 Å². The fraction of sp³-hybridized carbons (Fsp3) is 0.111. The summed E-state index contributed by atoms with van der Waals surface area (Å²) in [5.41, 5.74) is -1.36. The van der Waals surface area contributed by atoms with Crippen molar-refractivity contribution >= 4 is 28.5 Å². The molecule has 134 valence electrons. The third kappa shape index (κ3) is 3.72. The summed E-state index contributed by atoms with van der Waals surface area (Å²) in [6, 6.07) is 9.89. The van der Waals surface area contributed by atoms with E-state index in [1.165, 1.54) is 18.2 Å². The second-order valence-electron chi connectivity index (χ2n) is 5.37. The molecule has 0 bridgehead atoms. The summed E-state index contributed by atoms with van der Waals surface area (Å²) in [5.74, 6) is -1.23. The maximum atomic E-state index is 12.7. The van der Waals surface area contributed by atoms with Crippen LogP contribution < -0.4 is 10.4 Å². The standard InChI is InChI=1S/C18H10ClF3O4/c19-9-10-4-5-15-11(6-10)7-14(17(24)26-15)16(23)25-13-3-1-2-12(8-13)18(20,21)22/h1-8H,9H2. The van der Waals surface area contributed by atoms with Crippen molar-refractivity contribution in [3.05, 3.63) is 75.6 Å². The average Bonchev–Trinajstić information content (AvgIpc) is 2.60. The van der Waals surface area contributed by atoms with Gasteiger partial charge in [0.15, 0.2) is 0 Å². The van der Waals surface area contributed by atoms with Gasteiger partial charge < -0.3 is 9.15 Å². The summed E-state index contributed by atoms with van der Waals surface area (Å²) in [5, 5.41) is 0.443. The highest BCUT2D eigenvalue weighted by Crippen LogP contribution is 2.31. The number of carbonyl (C=O) groups is 1. The molecule has 0 aliphatic carbocycles. The molecule has 2 aromatic carbocycles. The Morgan fingerprint density at radius 2 is 1.88 bits per heavy atom. The molecular weight excluding hydrogens is 373 g/mol. The first-order valence-corrected chi connectivity index (χ1v) is 7.83. The van der Waals surface area contributed by atoms with Crippen LogP contribution in [0, 0.1) is 0 Å². The Hall–Kier alpha value is -2.80. The fourth-order valence-corrected chi connectivity index (χ4v) is 2.46. The summed E-state index contributed by atoms with van der Waals surface area (Å²) in [7, 11) is 0. The van der Waals surface area contributed by atoms with Crippen LogP contribution in [0.2, 0.25) is 0 Å². The van der Waals surface area contributed by atoms with Crippen molar-refractivity contribution in [2.24, 2.45) is 0 Å². The van der Waals surface area contributed by atoms with Crippen LogP contribution in [-0.4, -0.2) is 5.97 Å². The summed E-state index contributed by atoms with van der Waals surface area (Å²) < 4.78 is 48.1. The first-order valence-electron chi connectivity index (χ1n) is 7.30. The summed E-state index contributed by atoms with van der Waals surface area (Å²) in [6.45, 7) is 0. The minimum atomic E-state index is -4.58. The number of benzene rings is 2. The molecule has 1 heterocycles. The van der Waals surface area contributed by atoms with Gasteiger partial charge in [-0.05, 0) is 42.0 Å². The molecule has 0 saturated carbocycles. The molecule has 26 heavy (non-hydrogen) atoms. The lowest BCUT2D eigenvalue weighted by atomic mass is 10.1. The van der Waals surface area contributed by atoms with E-state index < -0.39 is 28.9 Å². The van der Waals surface area contributed by atoms with Gasteiger partial charge in [0, 0.05) is 11.3 Å². The Labute approximate surface area is 149 Å². The summed E-state index contributed by atoms with van der Waals surface area (Å²) in [4.78, 5) is 24.2. The van der Waals surface area contributed by atoms with Gasteiger partial charge in [-0.2, -0.15) is 13.2 Å². The molecule has 0 radical (unpaired) electrons. The van der Waals surface area contributed by atoms with Crippen LogP contribution in [0.4, 0.5) is 13.2 Å². The quantitative estimate of drug-likeness (QED) is 0.283. The number of halogens is 4. The van der Waals surface area contributed by atoms with Gasteiger partial charge >= 0.3 is 17.8 Å². The van der Waals surface area contributed by atoms with Gasteiger partial charge in [-0.1, -0.05) is 12.1 Å². The zero-order valence-corrected chi connectivity index (χ0v) is 13.7. The number of carbonyl (C=O) groups excluding carboxylic acids is 1. The summed E-state index contributed by atoms with van der Waals surface area (Å²) in [6.07, 6.45) is -4.58.